The Morgan fingerprint density at radius 3 is 2.95 bits per heavy atom. The number of aromatic nitrogens is 2. The number of nitrogens with zero attached hydrogens (tertiary/aromatic N) is 2. The molecular formula is C12H13N3O3S. The summed E-state index contributed by atoms with van der Waals surface area (Å²) in [4.78, 5) is 23.9. The van der Waals surface area contributed by atoms with E-state index >= 15 is 0 Å². The number of thiophene rings is 1. The van der Waals surface area contributed by atoms with Crippen LogP contribution in [0.25, 0.3) is 0 Å². The summed E-state index contributed by atoms with van der Waals surface area (Å²) in [5.74, 6) is -0.704. The number of amides is 1. The lowest BCUT2D eigenvalue weighted by atomic mass is 10.3. The van der Waals surface area contributed by atoms with Crippen molar-refractivity contribution in [2.75, 3.05) is 12.4 Å². The van der Waals surface area contributed by atoms with Gasteiger partial charge in [0.15, 0.2) is 0 Å². The van der Waals surface area contributed by atoms with Gasteiger partial charge in [-0.2, -0.15) is 5.10 Å². The summed E-state index contributed by atoms with van der Waals surface area (Å²) in [6, 6.07) is 2.96. The molecule has 100 valence electrons. The van der Waals surface area contributed by atoms with Gasteiger partial charge in [-0.15, -0.1) is 11.3 Å². The summed E-state index contributed by atoms with van der Waals surface area (Å²) in [7, 11) is 1.31. The molecular weight excluding hydrogens is 266 g/mol. The summed E-state index contributed by atoms with van der Waals surface area (Å²) in [5, 5.41) is 8.43. The highest BCUT2D eigenvalue weighted by Gasteiger charge is 2.19. The molecule has 0 aliphatic carbocycles. The third kappa shape index (κ3) is 2.82. The van der Waals surface area contributed by atoms with Gasteiger partial charge in [-0.1, -0.05) is 0 Å². The molecule has 7 heteroatoms. The van der Waals surface area contributed by atoms with E-state index in [1.807, 2.05) is 0 Å². The number of hydrogen-bond acceptors (Lipinski definition) is 5. The zero-order valence-corrected chi connectivity index (χ0v) is 11.3. The molecule has 1 unspecified atom stereocenters. The predicted molar refractivity (Wildman–Crippen MR) is 71.2 cm³/mol. The molecule has 2 aromatic heterocycles. The number of rotatable bonds is 4. The van der Waals surface area contributed by atoms with Crippen LogP contribution >= 0.6 is 11.3 Å². The van der Waals surface area contributed by atoms with Gasteiger partial charge < -0.3 is 10.1 Å². The maximum absolute atomic E-state index is 12.1. The summed E-state index contributed by atoms with van der Waals surface area (Å²) in [6.07, 6.45) is 3.31. The van der Waals surface area contributed by atoms with Gasteiger partial charge in [-0.3, -0.25) is 9.48 Å². The smallest absolute Gasteiger partial charge is 0.350 e. The fraction of sp³-hybridized carbons (Fsp3) is 0.250. The first-order valence-corrected chi connectivity index (χ1v) is 6.47. The van der Waals surface area contributed by atoms with Crippen molar-refractivity contribution >= 4 is 28.9 Å². The van der Waals surface area contributed by atoms with E-state index in [9.17, 15) is 9.59 Å². The maximum atomic E-state index is 12.1. The lowest BCUT2D eigenvalue weighted by molar-refractivity contribution is -0.119. The molecule has 0 bridgehead atoms. The van der Waals surface area contributed by atoms with Gasteiger partial charge in [0.05, 0.1) is 12.8 Å². The molecule has 6 nitrogen and oxygen atoms in total. The Morgan fingerprint density at radius 2 is 2.32 bits per heavy atom. The fourth-order valence-corrected chi connectivity index (χ4v) is 2.29. The molecule has 0 saturated carbocycles. The Morgan fingerprint density at radius 1 is 1.53 bits per heavy atom. The number of ether oxygens (including phenoxy) is 1. The molecule has 0 spiro atoms. The van der Waals surface area contributed by atoms with Crippen LogP contribution in [0.15, 0.2) is 29.9 Å². The van der Waals surface area contributed by atoms with Crippen LogP contribution < -0.4 is 5.32 Å². The molecule has 1 amide bonds. The molecule has 1 atom stereocenters. The van der Waals surface area contributed by atoms with Crippen molar-refractivity contribution < 1.29 is 14.3 Å². The summed E-state index contributed by atoms with van der Waals surface area (Å²) < 4.78 is 6.19. The van der Waals surface area contributed by atoms with Crippen LogP contribution in [0.1, 0.15) is 22.6 Å². The van der Waals surface area contributed by atoms with Crippen LogP contribution in [0, 0.1) is 0 Å². The molecule has 0 aliphatic rings. The van der Waals surface area contributed by atoms with Crippen LogP contribution in [-0.2, 0) is 9.53 Å². The number of hydrogen-bond donors (Lipinski definition) is 1. The fourth-order valence-electron chi connectivity index (χ4n) is 1.53. The zero-order valence-electron chi connectivity index (χ0n) is 10.5. The Bertz CT molecular complexity index is 577. The van der Waals surface area contributed by atoms with Crippen molar-refractivity contribution in [2.24, 2.45) is 0 Å². The number of carbonyl (C=O) groups excluding carboxylic acids is 2. The molecule has 0 aliphatic heterocycles. The van der Waals surface area contributed by atoms with Crippen LogP contribution in [-0.4, -0.2) is 28.8 Å². The number of nitrogens with one attached hydrogen (secondary N) is 1. The summed E-state index contributed by atoms with van der Waals surface area (Å²) in [6.45, 7) is 1.73. The molecule has 0 radical (unpaired) electrons. The van der Waals surface area contributed by atoms with Gasteiger partial charge >= 0.3 is 5.97 Å². The summed E-state index contributed by atoms with van der Waals surface area (Å²) in [5.41, 5.74) is 0.459. The minimum Gasteiger partial charge on any atom is -0.465 e. The molecule has 1 N–H and O–H groups in total. The van der Waals surface area contributed by atoms with Crippen LogP contribution in [0.4, 0.5) is 5.69 Å². The minimum absolute atomic E-state index is 0.243. The van der Waals surface area contributed by atoms with E-state index in [2.05, 4.69) is 15.2 Å². The average molecular weight is 279 g/mol. The van der Waals surface area contributed by atoms with Gasteiger partial charge in [0.1, 0.15) is 10.9 Å². The quantitative estimate of drug-likeness (QED) is 0.868. The van der Waals surface area contributed by atoms with Crippen molar-refractivity contribution in [2.45, 2.75) is 13.0 Å². The van der Waals surface area contributed by atoms with Crippen LogP contribution in [0.5, 0.6) is 0 Å². The van der Waals surface area contributed by atoms with Gasteiger partial charge in [0.2, 0.25) is 5.91 Å². The standard InChI is InChI=1S/C12H13N3O3S/c1-8(15-6-3-5-13-15)11(16)14-9-4-7-19-10(9)12(17)18-2/h3-8H,1-2H3,(H,14,16). The third-order valence-electron chi connectivity index (χ3n) is 2.60. The monoisotopic (exact) mass is 279 g/mol. The van der Waals surface area contributed by atoms with Gasteiger partial charge in [-0.05, 0) is 24.4 Å². The zero-order chi connectivity index (χ0) is 13.8. The highest BCUT2D eigenvalue weighted by molar-refractivity contribution is 7.12. The minimum atomic E-state index is -0.461. The lowest BCUT2D eigenvalue weighted by Crippen LogP contribution is -2.24. The van der Waals surface area contributed by atoms with Crippen molar-refractivity contribution in [3.8, 4) is 0 Å². The number of methoxy groups -OCH3 is 1. The van der Waals surface area contributed by atoms with Crippen LogP contribution in [0.2, 0.25) is 0 Å². The first-order valence-electron chi connectivity index (χ1n) is 5.59. The Balaban J connectivity index is 2.11. The highest BCUT2D eigenvalue weighted by atomic mass is 32.1. The molecule has 0 fully saturated rings. The van der Waals surface area contributed by atoms with Gasteiger partial charge in [0, 0.05) is 12.4 Å². The second-order valence-corrected chi connectivity index (χ2v) is 4.72. The topological polar surface area (TPSA) is 73.2 Å². The van der Waals surface area contributed by atoms with E-state index < -0.39 is 12.0 Å². The predicted octanol–water partition coefficient (Wildman–Crippen LogP) is 1.93. The second kappa shape index (κ2) is 5.66. The average Bonchev–Trinajstić information content (AvgIpc) is 3.07. The van der Waals surface area contributed by atoms with Crippen molar-refractivity contribution in [3.63, 3.8) is 0 Å². The Hall–Kier alpha value is -2.15. The van der Waals surface area contributed by atoms with Gasteiger partial charge in [0.25, 0.3) is 0 Å². The molecule has 19 heavy (non-hydrogen) atoms. The second-order valence-electron chi connectivity index (χ2n) is 3.81. The van der Waals surface area contributed by atoms with E-state index in [0.717, 1.165) is 0 Å². The maximum Gasteiger partial charge on any atom is 0.350 e. The van der Waals surface area contributed by atoms with Crippen molar-refractivity contribution in [1.82, 2.24) is 9.78 Å². The largest absolute Gasteiger partial charge is 0.465 e. The summed E-state index contributed by atoms with van der Waals surface area (Å²) >= 11 is 1.22. The van der Waals surface area contributed by atoms with Crippen molar-refractivity contribution in [3.05, 3.63) is 34.8 Å². The van der Waals surface area contributed by atoms with E-state index in [4.69, 9.17) is 0 Å². The highest BCUT2D eigenvalue weighted by Crippen LogP contribution is 2.24. The van der Waals surface area contributed by atoms with E-state index in [-0.39, 0.29) is 5.91 Å². The lowest BCUT2D eigenvalue weighted by Gasteiger charge is -2.12. The molecule has 2 rings (SSSR count). The first kappa shape index (κ1) is 13.3. The molecule has 0 aromatic carbocycles. The first-order chi connectivity index (χ1) is 9.13. The molecule has 2 aromatic rings. The Labute approximate surface area is 114 Å². The van der Waals surface area contributed by atoms with Crippen molar-refractivity contribution in [1.29, 1.82) is 0 Å². The number of carbonyl (C=O) groups is 2. The van der Waals surface area contributed by atoms with E-state index in [1.54, 1.807) is 41.5 Å². The number of esters is 1. The normalized spacial score (nSPS) is 11.9. The SMILES string of the molecule is COC(=O)c1sccc1NC(=O)C(C)n1cccn1. The molecule has 2 heterocycles. The Kier molecular flexibility index (Phi) is 3.96. The third-order valence-corrected chi connectivity index (χ3v) is 3.49. The van der Waals surface area contributed by atoms with Crippen LogP contribution in [0.3, 0.4) is 0 Å². The van der Waals surface area contributed by atoms with E-state index in [0.29, 0.717) is 10.6 Å². The van der Waals surface area contributed by atoms with E-state index in [1.165, 1.54) is 18.4 Å². The number of anilines is 1. The van der Waals surface area contributed by atoms with Gasteiger partial charge in [-0.25, -0.2) is 4.79 Å². The molecule has 0 saturated heterocycles.